The fourth-order valence-corrected chi connectivity index (χ4v) is 2.07. The van der Waals surface area contributed by atoms with Gasteiger partial charge in [0.15, 0.2) is 0 Å². The second-order valence-electron chi connectivity index (χ2n) is 3.86. The van der Waals surface area contributed by atoms with Gasteiger partial charge in [-0.3, -0.25) is 0 Å². The van der Waals surface area contributed by atoms with E-state index in [4.69, 9.17) is 5.26 Å². The summed E-state index contributed by atoms with van der Waals surface area (Å²) in [5, 5.41) is 12.2. The van der Waals surface area contributed by atoms with Gasteiger partial charge in [-0.15, -0.1) is 0 Å². The molecule has 18 heavy (non-hydrogen) atoms. The summed E-state index contributed by atoms with van der Waals surface area (Å²) in [6.45, 7) is 1.70. The molecule has 0 radical (unpaired) electrons. The minimum Gasteiger partial charge on any atom is -0.354 e. The fraction of sp³-hybridized carbons (Fsp3) is 0.0714. The molecule has 0 fully saturated rings. The molecule has 0 atom stereocenters. The highest BCUT2D eigenvalue weighted by atomic mass is 79.9. The standard InChI is InChI=1S/C14H10BrFN2/c1-9-7-10(5-6-13(9)16)18-14-4-2-3-12(15)11(14)8-17/h2-7,18H,1H3. The molecule has 2 aromatic rings. The van der Waals surface area contributed by atoms with Crippen molar-refractivity contribution in [2.24, 2.45) is 0 Å². The van der Waals surface area contributed by atoms with Crippen molar-refractivity contribution in [3.63, 3.8) is 0 Å². The molecule has 0 aromatic heterocycles. The minimum atomic E-state index is -0.240. The summed E-state index contributed by atoms with van der Waals surface area (Å²) in [5.41, 5.74) is 2.54. The Balaban J connectivity index is 2.37. The van der Waals surface area contributed by atoms with Crippen molar-refractivity contribution in [2.45, 2.75) is 6.92 Å². The van der Waals surface area contributed by atoms with Crippen LogP contribution in [0.2, 0.25) is 0 Å². The number of nitrogens with one attached hydrogen (secondary N) is 1. The van der Waals surface area contributed by atoms with Crippen LogP contribution in [0.5, 0.6) is 0 Å². The minimum absolute atomic E-state index is 0.240. The number of halogens is 2. The maximum Gasteiger partial charge on any atom is 0.126 e. The highest BCUT2D eigenvalue weighted by Crippen LogP contribution is 2.27. The van der Waals surface area contributed by atoms with Gasteiger partial charge in [0.25, 0.3) is 0 Å². The quantitative estimate of drug-likeness (QED) is 0.886. The lowest BCUT2D eigenvalue weighted by Gasteiger charge is -2.10. The van der Waals surface area contributed by atoms with Crippen LogP contribution in [-0.4, -0.2) is 0 Å². The first-order valence-electron chi connectivity index (χ1n) is 5.33. The van der Waals surface area contributed by atoms with Gasteiger partial charge in [-0.05, 0) is 58.7 Å². The monoisotopic (exact) mass is 304 g/mol. The van der Waals surface area contributed by atoms with Gasteiger partial charge in [-0.2, -0.15) is 5.26 Å². The van der Waals surface area contributed by atoms with E-state index < -0.39 is 0 Å². The van der Waals surface area contributed by atoms with Crippen molar-refractivity contribution in [1.82, 2.24) is 0 Å². The molecule has 0 bridgehead atoms. The molecule has 0 saturated heterocycles. The first-order valence-corrected chi connectivity index (χ1v) is 6.13. The summed E-state index contributed by atoms with van der Waals surface area (Å²) >= 11 is 3.32. The van der Waals surface area contributed by atoms with Crippen LogP contribution in [0, 0.1) is 24.1 Å². The Labute approximate surface area is 113 Å². The van der Waals surface area contributed by atoms with Crippen LogP contribution < -0.4 is 5.32 Å². The van der Waals surface area contributed by atoms with Gasteiger partial charge in [-0.25, -0.2) is 4.39 Å². The number of hydrogen-bond donors (Lipinski definition) is 1. The van der Waals surface area contributed by atoms with Crippen molar-refractivity contribution in [3.05, 3.63) is 57.8 Å². The number of nitriles is 1. The molecule has 1 N–H and O–H groups in total. The largest absolute Gasteiger partial charge is 0.354 e. The highest BCUT2D eigenvalue weighted by Gasteiger charge is 2.06. The Morgan fingerprint density at radius 3 is 2.72 bits per heavy atom. The lowest BCUT2D eigenvalue weighted by molar-refractivity contribution is 0.619. The molecule has 2 rings (SSSR count). The Hall–Kier alpha value is -1.86. The molecule has 0 aliphatic carbocycles. The maximum atomic E-state index is 13.2. The van der Waals surface area contributed by atoms with Crippen molar-refractivity contribution >= 4 is 27.3 Å². The molecule has 2 nitrogen and oxygen atoms in total. The summed E-state index contributed by atoms with van der Waals surface area (Å²) < 4.78 is 13.9. The zero-order chi connectivity index (χ0) is 13.1. The Bertz CT molecular complexity index is 632. The summed E-state index contributed by atoms with van der Waals surface area (Å²) in [6.07, 6.45) is 0. The van der Waals surface area contributed by atoms with E-state index in [9.17, 15) is 4.39 Å². The predicted octanol–water partition coefficient (Wildman–Crippen LogP) is 4.51. The second kappa shape index (κ2) is 5.19. The molecule has 0 saturated carbocycles. The van der Waals surface area contributed by atoms with E-state index in [0.717, 1.165) is 10.2 Å². The number of nitrogens with zero attached hydrogens (tertiary/aromatic N) is 1. The van der Waals surface area contributed by atoms with E-state index in [1.165, 1.54) is 6.07 Å². The van der Waals surface area contributed by atoms with Gasteiger partial charge in [0, 0.05) is 10.2 Å². The third-order valence-corrected chi connectivity index (χ3v) is 3.22. The molecule has 0 spiro atoms. The summed E-state index contributed by atoms with van der Waals surface area (Å²) in [4.78, 5) is 0. The highest BCUT2D eigenvalue weighted by molar-refractivity contribution is 9.10. The predicted molar refractivity (Wildman–Crippen MR) is 73.3 cm³/mol. The van der Waals surface area contributed by atoms with Crippen molar-refractivity contribution in [3.8, 4) is 6.07 Å². The van der Waals surface area contributed by atoms with Gasteiger partial charge in [0.2, 0.25) is 0 Å². The van der Waals surface area contributed by atoms with Crippen molar-refractivity contribution < 1.29 is 4.39 Å². The molecule has 0 amide bonds. The van der Waals surface area contributed by atoms with Crippen LogP contribution in [0.25, 0.3) is 0 Å². The van der Waals surface area contributed by atoms with Crippen LogP contribution in [0.1, 0.15) is 11.1 Å². The molecule has 90 valence electrons. The van der Waals surface area contributed by atoms with Gasteiger partial charge in [0.1, 0.15) is 11.9 Å². The first kappa shape index (κ1) is 12.6. The average Bonchev–Trinajstić information content (AvgIpc) is 2.34. The average molecular weight is 305 g/mol. The zero-order valence-electron chi connectivity index (χ0n) is 9.67. The zero-order valence-corrected chi connectivity index (χ0v) is 11.3. The molecule has 0 unspecified atom stereocenters. The SMILES string of the molecule is Cc1cc(Nc2cccc(Br)c2C#N)ccc1F. The van der Waals surface area contributed by atoms with Crippen LogP contribution >= 0.6 is 15.9 Å². The first-order chi connectivity index (χ1) is 8.61. The van der Waals surface area contributed by atoms with E-state index in [1.807, 2.05) is 12.1 Å². The molecular weight excluding hydrogens is 295 g/mol. The lowest BCUT2D eigenvalue weighted by Crippen LogP contribution is -1.95. The molecule has 0 aliphatic heterocycles. The van der Waals surface area contributed by atoms with E-state index in [1.54, 1.807) is 25.1 Å². The summed E-state index contributed by atoms with van der Waals surface area (Å²) in [6, 6.07) is 12.3. The number of hydrogen-bond acceptors (Lipinski definition) is 2. The van der Waals surface area contributed by atoms with Gasteiger partial charge >= 0.3 is 0 Å². The van der Waals surface area contributed by atoms with Gasteiger partial charge < -0.3 is 5.32 Å². The number of aryl methyl sites for hydroxylation is 1. The summed E-state index contributed by atoms with van der Waals surface area (Å²) in [7, 11) is 0. The fourth-order valence-electron chi connectivity index (χ4n) is 1.62. The molecule has 2 aromatic carbocycles. The molecule has 0 heterocycles. The number of anilines is 2. The Morgan fingerprint density at radius 2 is 2.06 bits per heavy atom. The smallest absolute Gasteiger partial charge is 0.126 e. The molecule has 0 aliphatic rings. The third-order valence-electron chi connectivity index (χ3n) is 2.56. The van der Waals surface area contributed by atoms with E-state index in [-0.39, 0.29) is 5.82 Å². The van der Waals surface area contributed by atoms with Crippen LogP contribution in [-0.2, 0) is 0 Å². The molecule has 4 heteroatoms. The second-order valence-corrected chi connectivity index (χ2v) is 4.72. The Morgan fingerprint density at radius 1 is 1.28 bits per heavy atom. The molecular formula is C14H10BrFN2. The normalized spacial score (nSPS) is 9.89. The van der Waals surface area contributed by atoms with E-state index in [2.05, 4.69) is 27.3 Å². The van der Waals surface area contributed by atoms with Crippen molar-refractivity contribution in [2.75, 3.05) is 5.32 Å². The van der Waals surface area contributed by atoms with Crippen molar-refractivity contribution in [1.29, 1.82) is 5.26 Å². The van der Waals surface area contributed by atoms with E-state index in [0.29, 0.717) is 16.8 Å². The van der Waals surface area contributed by atoms with Gasteiger partial charge in [0.05, 0.1) is 11.3 Å². The number of rotatable bonds is 2. The Kier molecular flexibility index (Phi) is 3.63. The third kappa shape index (κ3) is 2.52. The van der Waals surface area contributed by atoms with E-state index >= 15 is 0 Å². The van der Waals surface area contributed by atoms with Gasteiger partial charge in [-0.1, -0.05) is 6.07 Å². The maximum absolute atomic E-state index is 13.2. The summed E-state index contributed by atoms with van der Waals surface area (Å²) in [5.74, 6) is -0.240. The topological polar surface area (TPSA) is 35.8 Å². The number of benzene rings is 2. The van der Waals surface area contributed by atoms with Crippen LogP contribution in [0.15, 0.2) is 40.9 Å². The van der Waals surface area contributed by atoms with Crippen LogP contribution in [0.3, 0.4) is 0 Å². The lowest BCUT2D eigenvalue weighted by atomic mass is 10.1. The van der Waals surface area contributed by atoms with Crippen LogP contribution in [0.4, 0.5) is 15.8 Å².